The van der Waals surface area contributed by atoms with Gasteiger partial charge in [-0.05, 0) is 57.4 Å². The van der Waals surface area contributed by atoms with Gasteiger partial charge in [0.1, 0.15) is 18.1 Å². The molecule has 0 spiro atoms. The van der Waals surface area contributed by atoms with Crippen molar-refractivity contribution < 1.29 is 23.8 Å². The van der Waals surface area contributed by atoms with Gasteiger partial charge < -0.3 is 24.4 Å². The first-order valence-corrected chi connectivity index (χ1v) is 13.2. The monoisotopic (exact) mass is 559 g/mol. The summed E-state index contributed by atoms with van der Waals surface area (Å²) in [5.74, 6) is 1.38. The Morgan fingerprint density at radius 2 is 1.78 bits per heavy atom. The number of alkyl halides is 3. The zero-order valence-corrected chi connectivity index (χ0v) is 22.9. The number of ether oxygens (including phenoxy) is 3. The van der Waals surface area contributed by atoms with Crippen LogP contribution >= 0.6 is 34.8 Å². The van der Waals surface area contributed by atoms with Crippen LogP contribution in [0.15, 0.2) is 35.9 Å². The number of nitrogens with one attached hydrogen (secondary N) is 1. The lowest BCUT2D eigenvalue weighted by Gasteiger charge is -2.47. The van der Waals surface area contributed by atoms with Crippen molar-refractivity contribution in [1.82, 2.24) is 15.1 Å². The molecule has 11 heteroatoms. The number of benzene rings is 1. The second-order valence-corrected chi connectivity index (χ2v) is 12.0. The van der Waals surface area contributed by atoms with Crippen molar-refractivity contribution in [3.63, 3.8) is 0 Å². The van der Waals surface area contributed by atoms with E-state index in [1.165, 1.54) is 0 Å². The highest BCUT2D eigenvalue weighted by atomic mass is 35.6. The fourth-order valence-electron chi connectivity index (χ4n) is 4.46. The van der Waals surface area contributed by atoms with Gasteiger partial charge in [0.15, 0.2) is 5.60 Å². The molecule has 1 saturated heterocycles. The van der Waals surface area contributed by atoms with Gasteiger partial charge >= 0.3 is 6.09 Å². The molecule has 2 aliphatic heterocycles. The summed E-state index contributed by atoms with van der Waals surface area (Å²) >= 11 is 18.1. The van der Waals surface area contributed by atoms with Gasteiger partial charge in [-0.15, -0.1) is 0 Å². The molecule has 2 fully saturated rings. The SMILES string of the molecule is COc1ccc(OCCN(C(=O)C2=CCC3CNCC2N3C(=O)OC(C)(C)C(Cl)(Cl)Cl)C2CC2)cc1. The van der Waals surface area contributed by atoms with Gasteiger partial charge in [0, 0.05) is 24.7 Å². The van der Waals surface area contributed by atoms with Crippen LogP contribution in [0.5, 0.6) is 11.5 Å². The number of carbonyl (C=O) groups excluding carboxylic acids is 2. The molecule has 0 radical (unpaired) electrons. The van der Waals surface area contributed by atoms with Gasteiger partial charge in [-0.1, -0.05) is 40.9 Å². The average molecular weight is 561 g/mol. The van der Waals surface area contributed by atoms with Crippen molar-refractivity contribution in [2.75, 3.05) is 33.4 Å². The van der Waals surface area contributed by atoms with E-state index in [4.69, 9.17) is 49.0 Å². The number of halogens is 3. The fourth-order valence-corrected chi connectivity index (χ4v) is 4.58. The zero-order chi connectivity index (χ0) is 26.1. The molecule has 2 amide bonds. The lowest BCUT2D eigenvalue weighted by molar-refractivity contribution is -0.129. The Hall–Kier alpha value is -1.87. The molecule has 1 aliphatic carbocycles. The highest BCUT2D eigenvalue weighted by Crippen LogP contribution is 2.41. The van der Waals surface area contributed by atoms with Crippen LogP contribution in [-0.4, -0.2) is 82.7 Å². The molecule has 36 heavy (non-hydrogen) atoms. The molecule has 1 aromatic rings. The molecule has 1 saturated carbocycles. The second kappa shape index (κ2) is 10.9. The first kappa shape index (κ1) is 27.2. The van der Waals surface area contributed by atoms with Crippen LogP contribution in [0.3, 0.4) is 0 Å². The standard InChI is InChI=1S/C25H32Cl3N3O5/c1-24(2,25(26,27)28)36-23(33)31-17-6-11-20(21(31)15-29-14-17)22(32)30(16-4-5-16)12-13-35-19-9-7-18(34-3)8-10-19/h7-11,16-17,21,29H,4-6,12-15H2,1-3H3. The summed E-state index contributed by atoms with van der Waals surface area (Å²) in [6.45, 7) is 4.95. The maximum absolute atomic E-state index is 13.7. The van der Waals surface area contributed by atoms with Crippen molar-refractivity contribution in [2.45, 2.75) is 60.6 Å². The predicted molar refractivity (Wildman–Crippen MR) is 139 cm³/mol. The number of rotatable bonds is 8. The zero-order valence-electron chi connectivity index (χ0n) is 20.6. The summed E-state index contributed by atoms with van der Waals surface area (Å²) in [5, 5.41) is 3.33. The summed E-state index contributed by atoms with van der Waals surface area (Å²) in [6.07, 6.45) is 3.81. The third kappa shape index (κ3) is 5.98. The van der Waals surface area contributed by atoms with E-state index < -0.39 is 21.5 Å². The Morgan fingerprint density at radius 3 is 2.39 bits per heavy atom. The highest BCUT2D eigenvalue weighted by molar-refractivity contribution is 6.68. The molecule has 3 aliphatic rings. The molecule has 2 atom stereocenters. The predicted octanol–water partition coefficient (Wildman–Crippen LogP) is 4.32. The highest BCUT2D eigenvalue weighted by Gasteiger charge is 2.49. The molecule has 2 unspecified atom stereocenters. The van der Waals surface area contributed by atoms with E-state index in [0.29, 0.717) is 44.0 Å². The number of piperazine rings is 1. The van der Waals surface area contributed by atoms with Crippen LogP contribution < -0.4 is 14.8 Å². The average Bonchev–Trinajstić information content (AvgIpc) is 3.66. The molecule has 4 rings (SSSR count). The van der Waals surface area contributed by atoms with Gasteiger partial charge in [-0.2, -0.15) is 0 Å². The summed E-state index contributed by atoms with van der Waals surface area (Å²) < 4.78 is 14.9. The first-order chi connectivity index (χ1) is 17.0. The van der Waals surface area contributed by atoms with E-state index in [1.54, 1.807) is 25.9 Å². The Labute approximate surface area is 226 Å². The quantitative estimate of drug-likeness (QED) is 0.477. The van der Waals surface area contributed by atoms with E-state index >= 15 is 0 Å². The molecule has 8 nitrogen and oxygen atoms in total. The molecule has 2 bridgehead atoms. The number of nitrogens with zero attached hydrogens (tertiary/aromatic N) is 2. The van der Waals surface area contributed by atoms with Crippen molar-refractivity contribution in [3.8, 4) is 11.5 Å². The van der Waals surface area contributed by atoms with E-state index in [2.05, 4.69) is 5.32 Å². The van der Waals surface area contributed by atoms with Crippen molar-refractivity contribution in [2.24, 2.45) is 0 Å². The molecule has 198 valence electrons. The van der Waals surface area contributed by atoms with Crippen molar-refractivity contribution >= 4 is 46.8 Å². The maximum Gasteiger partial charge on any atom is 0.411 e. The molecular weight excluding hydrogens is 529 g/mol. The molecule has 1 aromatic carbocycles. The Morgan fingerprint density at radius 1 is 1.11 bits per heavy atom. The summed E-state index contributed by atoms with van der Waals surface area (Å²) in [4.78, 5) is 30.5. The second-order valence-electron chi connectivity index (χ2n) is 9.76. The Balaban J connectivity index is 1.44. The van der Waals surface area contributed by atoms with Crippen LogP contribution in [-0.2, 0) is 9.53 Å². The van der Waals surface area contributed by atoms with E-state index in [0.717, 1.165) is 18.6 Å². The fraction of sp³-hybridized carbons (Fsp3) is 0.600. The normalized spacial score (nSPS) is 21.9. The van der Waals surface area contributed by atoms with E-state index in [9.17, 15) is 9.59 Å². The minimum absolute atomic E-state index is 0.0820. The summed E-state index contributed by atoms with van der Waals surface area (Å²) in [7, 11) is 1.61. The largest absolute Gasteiger partial charge is 0.497 e. The Bertz CT molecular complexity index is 992. The Kier molecular flexibility index (Phi) is 8.19. The van der Waals surface area contributed by atoms with Gasteiger partial charge in [0.05, 0.1) is 25.7 Å². The van der Waals surface area contributed by atoms with Crippen LogP contribution in [0.25, 0.3) is 0 Å². The number of hydrogen-bond donors (Lipinski definition) is 1. The third-order valence-corrected chi connectivity index (χ3v) is 8.17. The number of hydrogen-bond acceptors (Lipinski definition) is 6. The first-order valence-electron chi connectivity index (χ1n) is 12.1. The van der Waals surface area contributed by atoms with Gasteiger partial charge in [-0.25, -0.2) is 4.79 Å². The lowest BCUT2D eigenvalue weighted by atomic mass is 9.91. The molecule has 0 aromatic heterocycles. The van der Waals surface area contributed by atoms with Crippen LogP contribution in [0, 0.1) is 0 Å². The summed E-state index contributed by atoms with van der Waals surface area (Å²) in [6, 6.07) is 6.89. The third-order valence-electron chi connectivity index (χ3n) is 6.81. The molecule has 1 N–H and O–H groups in total. The van der Waals surface area contributed by atoms with Gasteiger partial charge in [0.2, 0.25) is 3.79 Å². The number of amides is 2. The minimum Gasteiger partial charge on any atom is -0.497 e. The molecule has 2 heterocycles. The maximum atomic E-state index is 13.7. The van der Waals surface area contributed by atoms with E-state index in [-0.39, 0.29) is 18.0 Å². The van der Waals surface area contributed by atoms with Gasteiger partial charge in [0.25, 0.3) is 5.91 Å². The van der Waals surface area contributed by atoms with Crippen LogP contribution in [0.1, 0.15) is 33.1 Å². The van der Waals surface area contributed by atoms with Crippen LogP contribution in [0.4, 0.5) is 4.79 Å². The number of carbonyl (C=O) groups is 2. The smallest absolute Gasteiger partial charge is 0.411 e. The van der Waals surface area contributed by atoms with Crippen LogP contribution in [0.2, 0.25) is 0 Å². The minimum atomic E-state index is -1.80. The van der Waals surface area contributed by atoms with E-state index in [1.807, 2.05) is 35.2 Å². The van der Waals surface area contributed by atoms with Crippen molar-refractivity contribution in [1.29, 1.82) is 0 Å². The van der Waals surface area contributed by atoms with Crippen molar-refractivity contribution in [3.05, 3.63) is 35.9 Å². The van der Waals surface area contributed by atoms with Gasteiger partial charge in [-0.3, -0.25) is 9.69 Å². The number of fused-ring (bicyclic) bond motifs is 2. The topological polar surface area (TPSA) is 80.3 Å². The molecular formula is C25H32Cl3N3O5. The lowest BCUT2D eigenvalue weighted by Crippen LogP contribution is -2.64. The summed E-state index contributed by atoms with van der Waals surface area (Å²) in [5.41, 5.74) is -0.765. The number of methoxy groups -OCH3 is 1.